The molecule has 88 valence electrons. The number of aromatic nitrogens is 2. The molecule has 0 spiro atoms. The van der Waals surface area contributed by atoms with Crippen molar-refractivity contribution in [1.82, 2.24) is 15.5 Å². The van der Waals surface area contributed by atoms with E-state index in [2.05, 4.69) is 15.5 Å². The molecule has 0 amide bonds. The summed E-state index contributed by atoms with van der Waals surface area (Å²) in [6.45, 7) is 3.64. The normalized spacial score (nSPS) is 14.7. The predicted molar refractivity (Wildman–Crippen MR) is 64.1 cm³/mol. The Balaban J connectivity index is 2.21. The van der Waals surface area contributed by atoms with E-state index >= 15 is 0 Å². The van der Waals surface area contributed by atoms with Crippen molar-refractivity contribution in [3.05, 3.63) is 40.8 Å². The largest absolute Gasteiger partial charge is 0.312 e. The topological polar surface area (TPSA) is 40.7 Å². The smallest absolute Gasteiger partial charge is 0.136 e. The van der Waals surface area contributed by atoms with E-state index in [-0.39, 0.29) is 5.82 Å². The average Bonchev–Trinajstić information content (AvgIpc) is 2.87. The minimum Gasteiger partial charge on any atom is -0.312 e. The number of hydrogen-bond donors (Lipinski definition) is 2. The molecular weight excluding hydrogens is 217 g/mol. The molecule has 0 fully saturated rings. The van der Waals surface area contributed by atoms with E-state index < -0.39 is 0 Å². The Morgan fingerprint density at radius 1 is 1.35 bits per heavy atom. The Hall–Kier alpha value is -1.68. The molecule has 3 rings (SSSR count). The fraction of sp³-hybridized carbons (Fsp3) is 0.308. The van der Waals surface area contributed by atoms with E-state index in [1.165, 1.54) is 0 Å². The van der Waals surface area contributed by atoms with Crippen molar-refractivity contribution in [3.63, 3.8) is 0 Å². The molecule has 2 N–H and O–H groups in total. The van der Waals surface area contributed by atoms with Gasteiger partial charge < -0.3 is 5.32 Å². The number of fused-ring (bicyclic) bond motifs is 1. The Morgan fingerprint density at radius 3 is 3.00 bits per heavy atom. The van der Waals surface area contributed by atoms with Crippen LogP contribution in [0.5, 0.6) is 0 Å². The van der Waals surface area contributed by atoms with Gasteiger partial charge in [0.2, 0.25) is 0 Å². The monoisotopic (exact) mass is 231 g/mol. The summed E-state index contributed by atoms with van der Waals surface area (Å²) in [7, 11) is 0. The van der Waals surface area contributed by atoms with Crippen LogP contribution in [0.1, 0.15) is 16.7 Å². The summed E-state index contributed by atoms with van der Waals surface area (Å²) in [5, 5.41) is 9.98. The highest BCUT2D eigenvalue weighted by molar-refractivity contribution is 5.63. The van der Waals surface area contributed by atoms with E-state index in [0.29, 0.717) is 5.56 Å². The maximum Gasteiger partial charge on any atom is 0.136 e. The molecule has 3 nitrogen and oxygen atoms in total. The number of nitrogens with one attached hydrogen (secondary N) is 2. The van der Waals surface area contributed by atoms with Gasteiger partial charge in [0.15, 0.2) is 0 Å². The van der Waals surface area contributed by atoms with Gasteiger partial charge in [-0.3, -0.25) is 5.10 Å². The number of aryl methyl sites for hydroxylation is 1. The van der Waals surface area contributed by atoms with E-state index in [1.54, 1.807) is 12.3 Å². The Morgan fingerprint density at radius 2 is 2.24 bits per heavy atom. The molecule has 17 heavy (non-hydrogen) atoms. The fourth-order valence-electron chi connectivity index (χ4n) is 2.44. The maximum atomic E-state index is 14.4. The molecule has 0 unspecified atom stereocenters. The second-order valence-electron chi connectivity index (χ2n) is 4.41. The van der Waals surface area contributed by atoms with Gasteiger partial charge in [-0.15, -0.1) is 0 Å². The number of benzene rings is 1. The van der Waals surface area contributed by atoms with E-state index in [1.807, 2.05) is 13.0 Å². The molecule has 0 saturated heterocycles. The van der Waals surface area contributed by atoms with Crippen molar-refractivity contribution in [3.8, 4) is 11.3 Å². The van der Waals surface area contributed by atoms with Gasteiger partial charge in [0, 0.05) is 18.3 Å². The Kier molecular flexibility index (Phi) is 2.44. The highest BCUT2D eigenvalue weighted by Crippen LogP contribution is 2.30. The third-order valence-electron chi connectivity index (χ3n) is 3.35. The minimum atomic E-state index is -0.101. The van der Waals surface area contributed by atoms with Crippen molar-refractivity contribution in [2.75, 3.05) is 6.54 Å². The molecule has 2 heterocycles. The van der Waals surface area contributed by atoms with Gasteiger partial charge in [0.1, 0.15) is 5.82 Å². The van der Waals surface area contributed by atoms with Crippen molar-refractivity contribution in [2.24, 2.45) is 0 Å². The van der Waals surface area contributed by atoms with Crippen LogP contribution in [0.4, 0.5) is 4.39 Å². The van der Waals surface area contributed by atoms with Gasteiger partial charge in [0.05, 0.1) is 5.69 Å². The van der Waals surface area contributed by atoms with Crippen LogP contribution in [0.25, 0.3) is 11.3 Å². The molecule has 0 atom stereocenters. The van der Waals surface area contributed by atoms with Gasteiger partial charge in [-0.25, -0.2) is 4.39 Å². The lowest BCUT2D eigenvalue weighted by molar-refractivity contribution is 0.569. The zero-order valence-electron chi connectivity index (χ0n) is 9.68. The third-order valence-corrected chi connectivity index (χ3v) is 3.35. The van der Waals surface area contributed by atoms with Crippen LogP contribution in [0, 0.1) is 12.7 Å². The maximum absolute atomic E-state index is 14.4. The molecule has 4 heteroatoms. The zero-order valence-corrected chi connectivity index (χ0v) is 9.68. The van der Waals surface area contributed by atoms with Crippen LogP contribution in [-0.4, -0.2) is 16.7 Å². The van der Waals surface area contributed by atoms with Gasteiger partial charge in [0.25, 0.3) is 0 Å². The first-order valence-corrected chi connectivity index (χ1v) is 5.78. The average molecular weight is 231 g/mol. The Bertz CT molecular complexity index is 546. The van der Waals surface area contributed by atoms with Gasteiger partial charge in [-0.1, -0.05) is 0 Å². The number of aromatic amines is 1. The summed E-state index contributed by atoms with van der Waals surface area (Å²) in [4.78, 5) is 0. The van der Waals surface area contributed by atoms with E-state index in [9.17, 15) is 4.39 Å². The SMILES string of the molecule is Cc1cc(-c2ccn[nH]2)c(F)c2c1CNCC2. The third kappa shape index (κ3) is 1.65. The van der Waals surface area contributed by atoms with Crippen LogP contribution >= 0.6 is 0 Å². The lowest BCUT2D eigenvalue weighted by Crippen LogP contribution is -2.25. The summed E-state index contributed by atoms with van der Waals surface area (Å²) in [6, 6.07) is 3.69. The summed E-state index contributed by atoms with van der Waals surface area (Å²) in [6.07, 6.45) is 2.40. The van der Waals surface area contributed by atoms with E-state index in [0.717, 1.165) is 41.9 Å². The number of H-pyrrole nitrogens is 1. The number of halogens is 1. The summed E-state index contributed by atoms with van der Waals surface area (Å²) in [5.41, 5.74) is 4.47. The summed E-state index contributed by atoms with van der Waals surface area (Å²) >= 11 is 0. The van der Waals surface area contributed by atoms with Crippen molar-refractivity contribution >= 4 is 0 Å². The van der Waals surface area contributed by atoms with Crippen LogP contribution in [0.3, 0.4) is 0 Å². The molecule has 1 aromatic carbocycles. The second-order valence-corrected chi connectivity index (χ2v) is 4.41. The first-order valence-electron chi connectivity index (χ1n) is 5.78. The van der Waals surface area contributed by atoms with Crippen molar-refractivity contribution < 1.29 is 4.39 Å². The van der Waals surface area contributed by atoms with Crippen LogP contribution in [0.2, 0.25) is 0 Å². The first kappa shape index (κ1) is 10.5. The standard InChI is InChI=1S/C13H14FN3/c1-8-6-10(12-3-5-16-17-12)13(14)9-2-4-15-7-11(8)9/h3,5-6,15H,2,4,7H2,1H3,(H,16,17). The van der Waals surface area contributed by atoms with Gasteiger partial charge in [-0.2, -0.15) is 5.10 Å². The molecule has 0 saturated carbocycles. The molecular formula is C13H14FN3. The molecule has 0 aliphatic carbocycles. The molecule has 2 aromatic rings. The number of nitrogens with zero attached hydrogens (tertiary/aromatic N) is 1. The second kappa shape index (κ2) is 3.96. The summed E-state index contributed by atoms with van der Waals surface area (Å²) in [5.74, 6) is -0.101. The number of rotatable bonds is 1. The molecule has 1 aliphatic heterocycles. The van der Waals surface area contributed by atoms with Crippen LogP contribution in [-0.2, 0) is 13.0 Å². The quantitative estimate of drug-likeness (QED) is 0.789. The molecule has 1 aliphatic rings. The van der Waals surface area contributed by atoms with Gasteiger partial charge in [-0.05, 0) is 48.7 Å². The highest BCUT2D eigenvalue weighted by atomic mass is 19.1. The molecule has 1 aromatic heterocycles. The highest BCUT2D eigenvalue weighted by Gasteiger charge is 2.19. The Labute approximate surface area is 99.1 Å². The first-order chi connectivity index (χ1) is 8.27. The van der Waals surface area contributed by atoms with Crippen LogP contribution < -0.4 is 5.32 Å². The fourth-order valence-corrected chi connectivity index (χ4v) is 2.44. The molecule has 0 radical (unpaired) electrons. The summed E-state index contributed by atoms with van der Waals surface area (Å²) < 4.78 is 14.4. The number of hydrogen-bond acceptors (Lipinski definition) is 2. The minimum absolute atomic E-state index is 0.101. The predicted octanol–water partition coefficient (Wildman–Crippen LogP) is 2.17. The zero-order chi connectivity index (χ0) is 11.8. The lowest BCUT2D eigenvalue weighted by Gasteiger charge is -2.21. The lowest BCUT2D eigenvalue weighted by atomic mass is 9.92. The molecule has 0 bridgehead atoms. The van der Waals surface area contributed by atoms with Crippen molar-refractivity contribution in [1.29, 1.82) is 0 Å². The van der Waals surface area contributed by atoms with Gasteiger partial charge >= 0.3 is 0 Å². The van der Waals surface area contributed by atoms with Crippen molar-refractivity contribution in [2.45, 2.75) is 19.9 Å². The van der Waals surface area contributed by atoms with Crippen LogP contribution in [0.15, 0.2) is 18.3 Å². The van der Waals surface area contributed by atoms with E-state index in [4.69, 9.17) is 0 Å².